The molecule has 4 heteroatoms. The summed E-state index contributed by atoms with van der Waals surface area (Å²) in [7, 11) is 1.73. The molecule has 0 aliphatic heterocycles. The third-order valence-electron chi connectivity index (χ3n) is 3.49. The topological polar surface area (TPSA) is 66.6 Å². The number of hydrogen-bond acceptors (Lipinski definition) is 3. The van der Waals surface area contributed by atoms with Crippen LogP contribution in [-0.2, 0) is 4.79 Å². The van der Waals surface area contributed by atoms with Gasteiger partial charge in [-0.1, -0.05) is 6.42 Å². The van der Waals surface area contributed by atoms with Crippen LogP contribution in [0, 0.1) is 5.41 Å². The Morgan fingerprint density at radius 1 is 1.62 bits per heavy atom. The fourth-order valence-electron chi connectivity index (χ4n) is 2.55. The first-order valence-electron chi connectivity index (χ1n) is 5.90. The van der Waals surface area contributed by atoms with Gasteiger partial charge in [-0.2, -0.15) is 0 Å². The van der Waals surface area contributed by atoms with Crippen molar-refractivity contribution >= 4 is 5.91 Å². The highest BCUT2D eigenvalue weighted by Crippen LogP contribution is 2.38. The summed E-state index contributed by atoms with van der Waals surface area (Å²) in [5.74, 6) is 0.0552. The van der Waals surface area contributed by atoms with E-state index in [0.29, 0.717) is 6.54 Å². The molecule has 4 nitrogen and oxygen atoms in total. The van der Waals surface area contributed by atoms with Crippen LogP contribution in [0.5, 0.6) is 0 Å². The number of likely N-dealkylation sites (N-methyl/N-ethyl adjacent to an activating group) is 1. The minimum absolute atomic E-state index is 0.0516. The van der Waals surface area contributed by atoms with Crippen molar-refractivity contribution in [1.29, 1.82) is 0 Å². The minimum atomic E-state index is -0.858. The average Bonchev–Trinajstić information content (AvgIpc) is 2.44. The van der Waals surface area contributed by atoms with Crippen molar-refractivity contribution in [2.24, 2.45) is 11.1 Å². The molecule has 1 fully saturated rings. The molecule has 16 heavy (non-hydrogen) atoms. The van der Waals surface area contributed by atoms with Crippen molar-refractivity contribution in [2.45, 2.75) is 51.7 Å². The second-order valence-corrected chi connectivity index (χ2v) is 5.89. The van der Waals surface area contributed by atoms with Crippen LogP contribution < -0.4 is 5.73 Å². The zero-order valence-corrected chi connectivity index (χ0v) is 10.8. The van der Waals surface area contributed by atoms with Crippen molar-refractivity contribution in [2.75, 3.05) is 13.6 Å². The predicted octanol–water partition coefficient (Wildman–Crippen LogP) is 0.733. The lowest BCUT2D eigenvalue weighted by Crippen LogP contribution is -2.51. The van der Waals surface area contributed by atoms with E-state index in [-0.39, 0.29) is 11.9 Å². The zero-order valence-electron chi connectivity index (χ0n) is 10.8. The van der Waals surface area contributed by atoms with Crippen LogP contribution in [0.25, 0.3) is 0 Å². The van der Waals surface area contributed by atoms with Gasteiger partial charge >= 0.3 is 0 Å². The van der Waals surface area contributed by atoms with E-state index in [1.807, 2.05) is 6.92 Å². The van der Waals surface area contributed by atoms with E-state index < -0.39 is 11.0 Å². The molecule has 1 saturated carbocycles. The first kappa shape index (κ1) is 13.5. The molecule has 0 bridgehead atoms. The molecule has 0 radical (unpaired) electrons. The SMILES string of the molecule is CN(CC(C)(C)O)C(=O)C1(C)CCCC1N. The van der Waals surface area contributed by atoms with Crippen LogP contribution in [0.15, 0.2) is 0 Å². The molecule has 3 N–H and O–H groups in total. The van der Waals surface area contributed by atoms with Gasteiger partial charge < -0.3 is 15.7 Å². The number of hydrogen-bond donors (Lipinski definition) is 2. The summed E-state index contributed by atoms with van der Waals surface area (Å²) in [5.41, 5.74) is 4.70. The highest BCUT2D eigenvalue weighted by atomic mass is 16.3. The van der Waals surface area contributed by atoms with Gasteiger partial charge in [0.05, 0.1) is 11.0 Å². The Morgan fingerprint density at radius 3 is 2.56 bits per heavy atom. The molecular formula is C12H24N2O2. The maximum Gasteiger partial charge on any atom is 0.229 e. The van der Waals surface area contributed by atoms with Crippen molar-refractivity contribution in [3.63, 3.8) is 0 Å². The predicted molar refractivity (Wildman–Crippen MR) is 63.9 cm³/mol. The van der Waals surface area contributed by atoms with E-state index in [4.69, 9.17) is 5.73 Å². The van der Waals surface area contributed by atoms with E-state index in [1.54, 1.807) is 25.8 Å². The van der Waals surface area contributed by atoms with E-state index in [1.165, 1.54) is 0 Å². The van der Waals surface area contributed by atoms with Crippen LogP contribution in [-0.4, -0.2) is 41.1 Å². The average molecular weight is 228 g/mol. The van der Waals surface area contributed by atoms with Gasteiger partial charge in [-0.05, 0) is 33.6 Å². The maximum absolute atomic E-state index is 12.3. The molecule has 1 aliphatic carbocycles. The molecule has 1 aliphatic rings. The highest BCUT2D eigenvalue weighted by Gasteiger charge is 2.44. The smallest absolute Gasteiger partial charge is 0.229 e. The lowest BCUT2D eigenvalue weighted by molar-refractivity contribution is -0.142. The van der Waals surface area contributed by atoms with Crippen LogP contribution >= 0.6 is 0 Å². The summed E-state index contributed by atoms with van der Waals surface area (Å²) in [4.78, 5) is 13.9. The molecule has 1 rings (SSSR count). The Morgan fingerprint density at radius 2 is 2.19 bits per heavy atom. The molecule has 0 aromatic rings. The Hall–Kier alpha value is -0.610. The monoisotopic (exact) mass is 228 g/mol. The Labute approximate surface area is 97.8 Å². The van der Waals surface area contributed by atoms with Gasteiger partial charge in [0.2, 0.25) is 5.91 Å². The third kappa shape index (κ3) is 2.74. The standard InChI is InChI=1S/C12H24N2O2/c1-11(2,16)8-14(4)10(15)12(3)7-5-6-9(12)13/h9,16H,5-8,13H2,1-4H3. The van der Waals surface area contributed by atoms with Crippen molar-refractivity contribution in [3.05, 3.63) is 0 Å². The van der Waals surface area contributed by atoms with Crippen LogP contribution in [0.4, 0.5) is 0 Å². The Kier molecular flexibility index (Phi) is 3.65. The molecule has 2 atom stereocenters. The minimum Gasteiger partial charge on any atom is -0.389 e. The fourth-order valence-corrected chi connectivity index (χ4v) is 2.55. The second-order valence-electron chi connectivity index (χ2n) is 5.89. The molecule has 0 aromatic carbocycles. The molecule has 0 aromatic heterocycles. The van der Waals surface area contributed by atoms with Gasteiger partial charge in [-0.25, -0.2) is 0 Å². The number of nitrogens with zero attached hydrogens (tertiary/aromatic N) is 1. The Balaban J connectivity index is 2.70. The number of carbonyl (C=O) groups is 1. The quantitative estimate of drug-likeness (QED) is 0.748. The van der Waals surface area contributed by atoms with Gasteiger partial charge in [-0.3, -0.25) is 4.79 Å². The van der Waals surface area contributed by atoms with Gasteiger partial charge in [0.25, 0.3) is 0 Å². The first-order chi connectivity index (χ1) is 7.17. The Bertz CT molecular complexity index is 273. The van der Waals surface area contributed by atoms with E-state index in [0.717, 1.165) is 19.3 Å². The molecule has 0 heterocycles. The summed E-state index contributed by atoms with van der Waals surface area (Å²) in [5, 5.41) is 9.70. The molecule has 0 spiro atoms. The number of carbonyl (C=O) groups excluding carboxylic acids is 1. The van der Waals surface area contributed by atoms with Crippen LogP contribution in [0.3, 0.4) is 0 Å². The van der Waals surface area contributed by atoms with E-state index in [9.17, 15) is 9.90 Å². The van der Waals surface area contributed by atoms with Crippen molar-refractivity contribution < 1.29 is 9.90 Å². The summed E-state index contributed by atoms with van der Waals surface area (Å²) >= 11 is 0. The lowest BCUT2D eigenvalue weighted by atomic mass is 9.83. The molecule has 2 unspecified atom stereocenters. The summed E-state index contributed by atoms with van der Waals surface area (Å²) in [6.45, 7) is 5.68. The number of rotatable bonds is 3. The molecule has 94 valence electrons. The molecule has 0 saturated heterocycles. The van der Waals surface area contributed by atoms with E-state index >= 15 is 0 Å². The van der Waals surface area contributed by atoms with Gasteiger partial charge in [0, 0.05) is 19.6 Å². The van der Waals surface area contributed by atoms with Gasteiger partial charge in [-0.15, -0.1) is 0 Å². The number of nitrogens with two attached hydrogens (primary N) is 1. The fraction of sp³-hybridized carbons (Fsp3) is 0.917. The van der Waals surface area contributed by atoms with E-state index in [2.05, 4.69) is 0 Å². The van der Waals surface area contributed by atoms with Crippen LogP contribution in [0.1, 0.15) is 40.0 Å². The third-order valence-corrected chi connectivity index (χ3v) is 3.49. The first-order valence-corrected chi connectivity index (χ1v) is 5.90. The zero-order chi connectivity index (χ0) is 12.6. The number of amides is 1. The normalized spacial score (nSPS) is 30.5. The maximum atomic E-state index is 12.3. The van der Waals surface area contributed by atoms with Crippen LogP contribution in [0.2, 0.25) is 0 Å². The van der Waals surface area contributed by atoms with Crippen molar-refractivity contribution in [3.8, 4) is 0 Å². The lowest BCUT2D eigenvalue weighted by Gasteiger charge is -2.34. The van der Waals surface area contributed by atoms with Gasteiger partial charge in [0.15, 0.2) is 0 Å². The second kappa shape index (κ2) is 4.34. The molecular weight excluding hydrogens is 204 g/mol. The molecule has 1 amide bonds. The van der Waals surface area contributed by atoms with Gasteiger partial charge in [0.1, 0.15) is 0 Å². The largest absolute Gasteiger partial charge is 0.389 e. The van der Waals surface area contributed by atoms with Crippen molar-refractivity contribution in [1.82, 2.24) is 4.90 Å². The highest BCUT2D eigenvalue weighted by molar-refractivity contribution is 5.83. The summed E-state index contributed by atoms with van der Waals surface area (Å²) < 4.78 is 0. The summed E-state index contributed by atoms with van der Waals surface area (Å²) in [6, 6.07) is -0.0516. The number of aliphatic hydroxyl groups is 1. The summed E-state index contributed by atoms with van der Waals surface area (Å²) in [6.07, 6.45) is 2.78.